The van der Waals surface area contributed by atoms with Crippen molar-refractivity contribution in [3.05, 3.63) is 35.4 Å². The van der Waals surface area contributed by atoms with Crippen molar-refractivity contribution in [1.82, 2.24) is 5.32 Å². The Kier molecular flexibility index (Phi) is 5.97. The third-order valence-electron chi connectivity index (χ3n) is 3.13. The number of amides is 1. The van der Waals surface area contributed by atoms with Crippen molar-refractivity contribution in [3.8, 4) is 11.8 Å². The fraction of sp³-hybridized carbons (Fsp3) is 0.438. The van der Waals surface area contributed by atoms with Crippen LogP contribution >= 0.6 is 11.8 Å². The van der Waals surface area contributed by atoms with Crippen LogP contribution in [0.1, 0.15) is 35.2 Å². The molecule has 1 atom stereocenters. The van der Waals surface area contributed by atoms with E-state index in [1.165, 1.54) is 18.6 Å². The Morgan fingerprint density at radius 3 is 2.85 bits per heavy atom. The highest BCUT2D eigenvalue weighted by Gasteiger charge is 2.16. The Hall–Kier alpha value is -1.44. The summed E-state index contributed by atoms with van der Waals surface area (Å²) in [4.78, 5) is 12.0. The molecule has 1 aliphatic heterocycles. The molecule has 3 nitrogen and oxygen atoms in total. The summed E-state index contributed by atoms with van der Waals surface area (Å²) in [5.41, 5.74) is 1.53. The first-order valence-electron chi connectivity index (χ1n) is 6.89. The van der Waals surface area contributed by atoms with Crippen molar-refractivity contribution < 1.29 is 9.90 Å². The zero-order valence-electron chi connectivity index (χ0n) is 11.4. The average molecular weight is 289 g/mol. The lowest BCUT2D eigenvalue weighted by Crippen LogP contribution is -2.29. The maximum atomic E-state index is 12.0. The number of hydrogen-bond donors (Lipinski definition) is 2. The van der Waals surface area contributed by atoms with E-state index in [-0.39, 0.29) is 12.5 Å². The minimum Gasteiger partial charge on any atom is -0.395 e. The van der Waals surface area contributed by atoms with Gasteiger partial charge < -0.3 is 10.4 Å². The Labute approximate surface area is 124 Å². The van der Waals surface area contributed by atoms with Crippen molar-refractivity contribution in [3.63, 3.8) is 0 Å². The maximum Gasteiger partial charge on any atom is 0.251 e. The van der Waals surface area contributed by atoms with Gasteiger partial charge in [-0.2, -0.15) is 11.8 Å². The topological polar surface area (TPSA) is 49.3 Å². The quantitative estimate of drug-likeness (QED) is 0.834. The predicted molar refractivity (Wildman–Crippen MR) is 82.8 cm³/mol. The number of carbonyl (C=O) groups is 1. The SMILES string of the molecule is O=C(NCC1CCCS1)c1ccc(C#CCCO)cc1. The molecular weight excluding hydrogens is 270 g/mol. The molecule has 1 fully saturated rings. The molecule has 0 aromatic heterocycles. The first-order valence-corrected chi connectivity index (χ1v) is 7.94. The number of hydrogen-bond acceptors (Lipinski definition) is 3. The standard InChI is InChI=1S/C16H19NO2S/c18-10-2-1-4-13-6-8-14(9-7-13)16(19)17-12-15-5-3-11-20-15/h6-9,15,18H,2-3,5,10-12H2,(H,17,19). The third-order valence-corrected chi connectivity index (χ3v) is 4.53. The van der Waals surface area contributed by atoms with Gasteiger partial charge in [0.25, 0.3) is 5.91 Å². The Morgan fingerprint density at radius 2 is 2.20 bits per heavy atom. The van der Waals surface area contributed by atoms with Gasteiger partial charge in [-0.3, -0.25) is 4.79 Å². The van der Waals surface area contributed by atoms with Crippen LogP contribution in [0.5, 0.6) is 0 Å². The monoisotopic (exact) mass is 289 g/mol. The summed E-state index contributed by atoms with van der Waals surface area (Å²) in [5, 5.41) is 12.2. The van der Waals surface area contributed by atoms with Crippen LogP contribution in [0.25, 0.3) is 0 Å². The van der Waals surface area contributed by atoms with Gasteiger partial charge in [-0.05, 0) is 42.9 Å². The van der Waals surface area contributed by atoms with E-state index in [1.807, 2.05) is 23.9 Å². The van der Waals surface area contributed by atoms with Gasteiger partial charge in [0.1, 0.15) is 0 Å². The number of rotatable bonds is 4. The molecule has 1 aromatic rings. The number of carbonyl (C=O) groups excluding carboxylic acids is 1. The second-order valence-corrected chi connectivity index (χ2v) is 6.11. The molecule has 2 N–H and O–H groups in total. The van der Waals surface area contributed by atoms with Crippen molar-refractivity contribution >= 4 is 17.7 Å². The van der Waals surface area contributed by atoms with Crippen molar-refractivity contribution in [2.75, 3.05) is 18.9 Å². The van der Waals surface area contributed by atoms with E-state index in [0.29, 0.717) is 17.2 Å². The molecule has 0 aliphatic carbocycles. The molecule has 0 spiro atoms. The van der Waals surface area contributed by atoms with Gasteiger partial charge in [-0.25, -0.2) is 0 Å². The number of nitrogens with one attached hydrogen (secondary N) is 1. The summed E-state index contributed by atoms with van der Waals surface area (Å²) in [7, 11) is 0. The zero-order valence-corrected chi connectivity index (χ0v) is 12.2. The van der Waals surface area contributed by atoms with E-state index in [9.17, 15) is 4.79 Å². The molecule has 4 heteroatoms. The average Bonchev–Trinajstić information content (AvgIpc) is 2.99. The molecule has 0 radical (unpaired) electrons. The summed E-state index contributed by atoms with van der Waals surface area (Å²) in [6.07, 6.45) is 2.93. The lowest BCUT2D eigenvalue weighted by Gasteiger charge is -2.10. The number of thioether (sulfide) groups is 1. The summed E-state index contributed by atoms with van der Waals surface area (Å²) < 4.78 is 0. The highest BCUT2D eigenvalue weighted by Crippen LogP contribution is 2.25. The van der Waals surface area contributed by atoms with Gasteiger partial charge in [-0.1, -0.05) is 11.8 Å². The molecule has 1 heterocycles. The lowest BCUT2D eigenvalue weighted by molar-refractivity contribution is 0.0953. The van der Waals surface area contributed by atoms with E-state index in [1.54, 1.807) is 12.1 Å². The van der Waals surface area contributed by atoms with Gasteiger partial charge in [0.2, 0.25) is 0 Å². The fourth-order valence-electron chi connectivity index (χ4n) is 2.04. The summed E-state index contributed by atoms with van der Waals surface area (Å²) >= 11 is 1.94. The van der Waals surface area contributed by atoms with Crippen molar-refractivity contribution in [2.45, 2.75) is 24.5 Å². The molecule has 1 aromatic carbocycles. The molecule has 1 amide bonds. The second kappa shape index (κ2) is 7.98. The smallest absolute Gasteiger partial charge is 0.251 e. The van der Waals surface area contributed by atoms with Crippen LogP contribution in [0.15, 0.2) is 24.3 Å². The van der Waals surface area contributed by atoms with Crippen LogP contribution in [0.2, 0.25) is 0 Å². The van der Waals surface area contributed by atoms with Crippen LogP contribution in [-0.4, -0.2) is 35.2 Å². The van der Waals surface area contributed by atoms with Crippen LogP contribution in [0.3, 0.4) is 0 Å². The highest BCUT2D eigenvalue weighted by atomic mass is 32.2. The predicted octanol–water partition coefficient (Wildman–Crippen LogP) is 2.05. The Bertz CT molecular complexity index is 495. The van der Waals surface area contributed by atoms with Crippen LogP contribution in [-0.2, 0) is 0 Å². The first kappa shape index (κ1) is 15.0. The maximum absolute atomic E-state index is 12.0. The minimum absolute atomic E-state index is 0.0210. The molecule has 20 heavy (non-hydrogen) atoms. The van der Waals surface area contributed by atoms with Crippen LogP contribution in [0.4, 0.5) is 0 Å². The van der Waals surface area contributed by atoms with E-state index >= 15 is 0 Å². The molecule has 1 saturated heterocycles. The molecule has 1 aliphatic rings. The Morgan fingerprint density at radius 1 is 1.40 bits per heavy atom. The third kappa shape index (κ3) is 4.59. The molecule has 0 bridgehead atoms. The van der Waals surface area contributed by atoms with E-state index in [4.69, 9.17) is 5.11 Å². The van der Waals surface area contributed by atoms with Gasteiger partial charge in [-0.15, -0.1) is 0 Å². The number of benzene rings is 1. The molecule has 2 rings (SSSR count). The fourth-order valence-corrected chi connectivity index (χ4v) is 3.24. The molecule has 0 saturated carbocycles. The minimum atomic E-state index is -0.0210. The molecular formula is C16H19NO2S. The summed E-state index contributed by atoms with van der Waals surface area (Å²) in [6.45, 7) is 0.828. The van der Waals surface area contributed by atoms with Gasteiger partial charge >= 0.3 is 0 Å². The summed E-state index contributed by atoms with van der Waals surface area (Å²) in [6, 6.07) is 7.26. The van der Waals surface area contributed by atoms with Crippen LogP contribution < -0.4 is 5.32 Å². The van der Waals surface area contributed by atoms with Crippen molar-refractivity contribution in [1.29, 1.82) is 0 Å². The number of aliphatic hydroxyl groups is 1. The first-order chi connectivity index (χ1) is 9.79. The normalized spacial score (nSPS) is 17.4. The lowest BCUT2D eigenvalue weighted by atomic mass is 10.1. The van der Waals surface area contributed by atoms with Gasteiger partial charge in [0.15, 0.2) is 0 Å². The van der Waals surface area contributed by atoms with Crippen molar-refractivity contribution in [2.24, 2.45) is 0 Å². The number of aliphatic hydroxyl groups excluding tert-OH is 1. The Balaban J connectivity index is 1.85. The molecule has 106 valence electrons. The van der Waals surface area contributed by atoms with E-state index in [0.717, 1.165) is 12.1 Å². The second-order valence-electron chi connectivity index (χ2n) is 4.70. The zero-order chi connectivity index (χ0) is 14.2. The van der Waals surface area contributed by atoms with E-state index in [2.05, 4.69) is 17.2 Å². The van der Waals surface area contributed by atoms with E-state index < -0.39 is 0 Å². The van der Waals surface area contributed by atoms with Crippen LogP contribution in [0, 0.1) is 11.8 Å². The van der Waals surface area contributed by atoms with Gasteiger partial charge in [0, 0.05) is 29.3 Å². The molecule has 1 unspecified atom stereocenters. The highest BCUT2D eigenvalue weighted by molar-refractivity contribution is 8.00. The van der Waals surface area contributed by atoms with Gasteiger partial charge in [0.05, 0.1) is 6.61 Å². The largest absolute Gasteiger partial charge is 0.395 e. The summed E-state index contributed by atoms with van der Waals surface area (Å²) in [5.74, 6) is 6.99.